The van der Waals surface area contributed by atoms with Crippen LogP contribution in [0.15, 0.2) is 10.6 Å². The van der Waals surface area contributed by atoms with Crippen molar-refractivity contribution in [1.82, 2.24) is 5.16 Å². The lowest BCUT2D eigenvalue weighted by Gasteiger charge is -1.99. The number of carbonyl (C=O) groups is 1. The summed E-state index contributed by atoms with van der Waals surface area (Å²) in [6.07, 6.45) is 0.963. The maximum absolute atomic E-state index is 10.6. The van der Waals surface area contributed by atoms with Crippen molar-refractivity contribution in [3.8, 4) is 0 Å². The molecule has 66 valence electrons. The summed E-state index contributed by atoms with van der Waals surface area (Å²) in [6, 6.07) is 1.59. The average molecular weight is 168 g/mol. The van der Waals surface area contributed by atoms with Gasteiger partial charge in [-0.15, -0.1) is 0 Å². The van der Waals surface area contributed by atoms with Crippen molar-refractivity contribution >= 4 is 5.91 Å². The van der Waals surface area contributed by atoms with E-state index in [2.05, 4.69) is 5.16 Å². The summed E-state index contributed by atoms with van der Waals surface area (Å²) in [5.74, 6) is -0.135. The molecule has 4 heteroatoms. The highest BCUT2D eigenvalue weighted by Crippen LogP contribution is 2.17. The molecule has 0 bridgehead atoms. The summed E-state index contributed by atoms with van der Waals surface area (Å²) in [7, 11) is 0. The number of amides is 1. The summed E-state index contributed by atoms with van der Waals surface area (Å²) in [4.78, 5) is 10.6. The molecule has 1 amide bonds. The van der Waals surface area contributed by atoms with E-state index in [0.717, 1.165) is 12.1 Å². The van der Waals surface area contributed by atoms with Crippen molar-refractivity contribution in [1.29, 1.82) is 0 Å². The molecule has 1 rings (SSSR count). The maximum Gasteiger partial charge on any atom is 0.287 e. The molecule has 0 radical (unpaired) electrons. The summed E-state index contributed by atoms with van der Waals surface area (Å²) >= 11 is 0. The van der Waals surface area contributed by atoms with Gasteiger partial charge in [-0.1, -0.05) is 19.0 Å². The van der Waals surface area contributed by atoms with E-state index in [1.54, 1.807) is 6.07 Å². The Morgan fingerprint density at radius 2 is 2.50 bits per heavy atom. The minimum atomic E-state index is -0.572. The Kier molecular flexibility index (Phi) is 2.47. The molecule has 0 aliphatic carbocycles. The number of primary amides is 1. The summed E-state index contributed by atoms with van der Waals surface area (Å²) in [6.45, 7) is 4.06. The van der Waals surface area contributed by atoms with Gasteiger partial charge in [-0.2, -0.15) is 0 Å². The highest BCUT2D eigenvalue weighted by molar-refractivity contribution is 5.89. The van der Waals surface area contributed by atoms with Gasteiger partial charge in [0, 0.05) is 12.0 Å². The van der Waals surface area contributed by atoms with Gasteiger partial charge in [0.1, 0.15) is 0 Å². The predicted molar refractivity (Wildman–Crippen MR) is 43.7 cm³/mol. The monoisotopic (exact) mass is 168 g/mol. The minimum absolute atomic E-state index is 0.130. The molecule has 2 N–H and O–H groups in total. The number of rotatable bonds is 3. The molecule has 0 aliphatic rings. The molecular formula is C8H12N2O2. The Morgan fingerprint density at radius 1 is 1.83 bits per heavy atom. The van der Waals surface area contributed by atoms with E-state index < -0.39 is 5.91 Å². The molecule has 1 aromatic rings. The van der Waals surface area contributed by atoms with Crippen LogP contribution in [0.4, 0.5) is 0 Å². The molecule has 1 unspecified atom stereocenters. The fraction of sp³-hybridized carbons (Fsp3) is 0.500. The van der Waals surface area contributed by atoms with E-state index >= 15 is 0 Å². The lowest BCUT2D eigenvalue weighted by atomic mass is 10.1. The zero-order valence-electron chi connectivity index (χ0n) is 7.20. The molecule has 1 heterocycles. The van der Waals surface area contributed by atoms with Gasteiger partial charge in [0.2, 0.25) is 5.76 Å². The molecule has 12 heavy (non-hydrogen) atoms. The zero-order valence-corrected chi connectivity index (χ0v) is 7.20. The van der Waals surface area contributed by atoms with Crippen LogP contribution in [0.25, 0.3) is 0 Å². The highest BCUT2D eigenvalue weighted by Gasteiger charge is 2.12. The SMILES string of the molecule is CCC(C)c1cc(C(N)=O)on1. The van der Waals surface area contributed by atoms with Crippen molar-refractivity contribution in [2.75, 3.05) is 0 Å². The van der Waals surface area contributed by atoms with Crippen LogP contribution >= 0.6 is 0 Å². The third-order valence-electron chi connectivity index (χ3n) is 1.89. The average Bonchev–Trinajstić information content (AvgIpc) is 2.51. The van der Waals surface area contributed by atoms with Crippen LogP contribution in [0.3, 0.4) is 0 Å². The smallest absolute Gasteiger partial charge is 0.287 e. The summed E-state index contributed by atoms with van der Waals surface area (Å²) in [5, 5.41) is 3.73. The van der Waals surface area contributed by atoms with E-state index in [1.165, 1.54) is 0 Å². The molecule has 1 atom stereocenters. The second-order valence-electron chi connectivity index (χ2n) is 2.79. The first-order chi connectivity index (χ1) is 5.65. The standard InChI is InChI=1S/C8H12N2O2/c1-3-5(2)6-4-7(8(9)11)12-10-6/h4-5H,3H2,1-2H3,(H2,9,11). The molecule has 4 nitrogen and oxygen atoms in total. The normalized spacial score (nSPS) is 12.8. The topological polar surface area (TPSA) is 69.1 Å². The molecule has 1 aromatic heterocycles. The second kappa shape index (κ2) is 3.38. The van der Waals surface area contributed by atoms with E-state index in [1.807, 2.05) is 13.8 Å². The lowest BCUT2D eigenvalue weighted by Crippen LogP contribution is -2.09. The number of hydrogen-bond acceptors (Lipinski definition) is 3. The van der Waals surface area contributed by atoms with E-state index in [9.17, 15) is 4.79 Å². The number of nitrogens with two attached hydrogens (primary N) is 1. The van der Waals surface area contributed by atoms with Crippen LogP contribution < -0.4 is 5.73 Å². The second-order valence-corrected chi connectivity index (χ2v) is 2.79. The first-order valence-electron chi connectivity index (χ1n) is 3.91. The molecule has 0 aromatic carbocycles. The Hall–Kier alpha value is -1.32. The van der Waals surface area contributed by atoms with E-state index in [0.29, 0.717) is 5.92 Å². The van der Waals surface area contributed by atoms with Crippen LogP contribution in [-0.4, -0.2) is 11.1 Å². The number of hydrogen-bond donors (Lipinski definition) is 1. The zero-order chi connectivity index (χ0) is 9.14. The fourth-order valence-electron chi connectivity index (χ4n) is 0.846. The Morgan fingerprint density at radius 3 is 2.92 bits per heavy atom. The molecule has 0 saturated heterocycles. The molecule has 0 spiro atoms. The van der Waals surface area contributed by atoms with Crippen molar-refractivity contribution in [3.05, 3.63) is 17.5 Å². The molecule has 0 aliphatic heterocycles. The van der Waals surface area contributed by atoms with E-state index in [-0.39, 0.29) is 5.76 Å². The maximum atomic E-state index is 10.6. The number of aromatic nitrogens is 1. The van der Waals surface area contributed by atoms with Crippen LogP contribution in [-0.2, 0) is 0 Å². The van der Waals surface area contributed by atoms with Crippen molar-refractivity contribution in [3.63, 3.8) is 0 Å². The van der Waals surface area contributed by atoms with Gasteiger partial charge in [0.25, 0.3) is 5.91 Å². The van der Waals surface area contributed by atoms with Crippen LogP contribution in [0.5, 0.6) is 0 Å². The Balaban J connectivity index is 2.84. The lowest BCUT2D eigenvalue weighted by molar-refractivity contribution is 0.0965. The van der Waals surface area contributed by atoms with Crippen molar-refractivity contribution in [2.45, 2.75) is 26.2 Å². The highest BCUT2D eigenvalue weighted by atomic mass is 16.5. The first kappa shape index (κ1) is 8.77. The van der Waals surface area contributed by atoms with Crippen LogP contribution in [0.1, 0.15) is 42.4 Å². The molecule has 0 fully saturated rings. The van der Waals surface area contributed by atoms with Crippen molar-refractivity contribution in [2.24, 2.45) is 5.73 Å². The Labute approximate surface area is 70.7 Å². The summed E-state index contributed by atoms with van der Waals surface area (Å²) in [5.41, 5.74) is 5.78. The van der Waals surface area contributed by atoms with Gasteiger partial charge in [-0.05, 0) is 6.42 Å². The largest absolute Gasteiger partial charge is 0.363 e. The predicted octanol–water partition coefficient (Wildman–Crippen LogP) is 1.29. The van der Waals surface area contributed by atoms with Gasteiger partial charge in [0.05, 0.1) is 5.69 Å². The summed E-state index contributed by atoms with van der Waals surface area (Å²) < 4.78 is 4.72. The molecular weight excluding hydrogens is 156 g/mol. The number of carbonyl (C=O) groups excluding carboxylic acids is 1. The van der Waals surface area contributed by atoms with Gasteiger partial charge >= 0.3 is 0 Å². The third-order valence-corrected chi connectivity index (χ3v) is 1.89. The first-order valence-corrected chi connectivity index (χ1v) is 3.91. The minimum Gasteiger partial charge on any atom is -0.363 e. The van der Waals surface area contributed by atoms with Gasteiger partial charge in [-0.3, -0.25) is 4.79 Å². The fourth-order valence-corrected chi connectivity index (χ4v) is 0.846. The van der Waals surface area contributed by atoms with E-state index in [4.69, 9.17) is 10.3 Å². The third kappa shape index (κ3) is 1.64. The van der Waals surface area contributed by atoms with Gasteiger partial charge in [0.15, 0.2) is 0 Å². The van der Waals surface area contributed by atoms with Crippen LogP contribution in [0, 0.1) is 0 Å². The quantitative estimate of drug-likeness (QED) is 0.739. The van der Waals surface area contributed by atoms with Gasteiger partial charge in [-0.25, -0.2) is 0 Å². The number of nitrogens with zero attached hydrogens (tertiary/aromatic N) is 1. The van der Waals surface area contributed by atoms with Crippen LogP contribution in [0.2, 0.25) is 0 Å². The molecule has 0 saturated carbocycles. The van der Waals surface area contributed by atoms with Gasteiger partial charge < -0.3 is 10.3 Å². The van der Waals surface area contributed by atoms with Crippen molar-refractivity contribution < 1.29 is 9.32 Å². The Bertz CT molecular complexity index is 280.